The van der Waals surface area contributed by atoms with Gasteiger partial charge in [0.15, 0.2) is 0 Å². The zero-order chi connectivity index (χ0) is 13.5. The first-order chi connectivity index (χ1) is 8.60. The Balaban J connectivity index is 2.70. The van der Waals surface area contributed by atoms with Crippen molar-refractivity contribution in [1.29, 1.82) is 0 Å². The van der Waals surface area contributed by atoms with E-state index in [0.717, 1.165) is 19.6 Å². The fourth-order valence-corrected chi connectivity index (χ4v) is 1.59. The van der Waals surface area contributed by atoms with Crippen molar-refractivity contribution in [3.63, 3.8) is 0 Å². The number of anilines is 1. The van der Waals surface area contributed by atoms with Gasteiger partial charge in [0.2, 0.25) is 0 Å². The molecule has 18 heavy (non-hydrogen) atoms. The smallest absolute Gasteiger partial charge is 0.287 e. The van der Waals surface area contributed by atoms with Crippen molar-refractivity contribution >= 4 is 17.3 Å². The van der Waals surface area contributed by atoms with E-state index in [9.17, 15) is 4.79 Å². The van der Waals surface area contributed by atoms with E-state index in [-0.39, 0.29) is 10.6 Å². The summed E-state index contributed by atoms with van der Waals surface area (Å²) in [5, 5.41) is 7.30. The van der Waals surface area contributed by atoms with E-state index in [1.54, 1.807) is 12.3 Å². The second-order valence-corrected chi connectivity index (χ2v) is 4.35. The Morgan fingerprint density at radius 3 is 3.00 bits per heavy atom. The first-order valence-corrected chi connectivity index (χ1v) is 6.26. The minimum absolute atomic E-state index is 0.172. The molecule has 1 aromatic heterocycles. The first kappa shape index (κ1) is 14.7. The summed E-state index contributed by atoms with van der Waals surface area (Å²) in [5.74, 6) is 0. The molecule has 0 aliphatic carbocycles. The highest BCUT2D eigenvalue weighted by Crippen LogP contribution is 2.14. The topological polar surface area (TPSA) is 50.2 Å². The molecule has 1 heterocycles. The van der Waals surface area contributed by atoms with Crippen LogP contribution in [0, 0.1) is 0 Å². The highest BCUT2D eigenvalue weighted by molar-refractivity contribution is 6.32. The maximum absolute atomic E-state index is 11.8. The van der Waals surface area contributed by atoms with Gasteiger partial charge in [0.1, 0.15) is 5.02 Å². The lowest BCUT2D eigenvalue weighted by molar-refractivity contribution is 0.367. The molecule has 0 aliphatic heterocycles. The molecule has 5 nitrogen and oxygen atoms in total. The van der Waals surface area contributed by atoms with Gasteiger partial charge >= 0.3 is 0 Å². The monoisotopic (exact) mass is 270 g/mol. The van der Waals surface area contributed by atoms with Crippen LogP contribution in [0.25, 0.3) is 0 Å². The normalized spacial score (nSPS) is 10.7. The Hall–Kier alpha value is -1.33. The van der Waals surface area contributed by atoms with E-state index < -0.39 is 0 Å². The van der Waals surface area contributed by atoms with Gasteiger partial charge in [0.05, 0.1) is 18.4 Å². The van der Waals surface area contributed by atoms with E-state index in [2.05, 4.69) is 28.8 Å². The molecule has 6 heteroatoms. The zero-order valence-corrected chi connectivity index (χ0v) is 11.6. The molecule has 0 amide bonds. The average molecular weight is 271 g/mol. The molecule has 0 aromatic carbocycles. The van der Waals surface area contributed by atoms with Crippen LogP contribution in [-0.2, 0) is 6.54 Å². The minimum atomic E-state index is -0.301. The molecule has 1 aromatic rings. The molecular weight excluding hydrogens is 252 g/mol. The SMILES string of the molecule is C=CCn1ncc(NCCN(C)CC)c(Cl)c1=O. The fraction of sp³-hybridized carbons (Fsp3) is 0.500. The quantitative estimate of drug-likeness (QED) is 0.762. The van der Waals surface area contributed by atoms with Crippen molar-refractivity contribution < 1.29 is 0 Å². The van der Waals surface area contributed by atoms with Crippen LogP contribution in [0.5, 0.6) is 0 Å². The first-order valence-electron chi connectivity index (χ1n) is 5.89. The third-order valence-corrected chi connectivity index (χ3v) is 3.00. The third kappa shape index (κ3) is 3.85. The van der Waals surface area contributed by atoms with Crippen LogP contribution >= 0.6 is 11.6 Å². The summed E-state index contributed by atoms with van der Waals surface area (Å²) in [6.45, 7) is 8.59. The van der Waals surface area contributed by atoms with Crippen LogP contribution in [0.4, 0.5) is 5.69 Å². The lowest BCUT2D eigenvalue weighted by atomic mass is 10.4. The Kier molecular flexibility index (Phi) is 5.88. The van der Waals surface area contributed by atoms with Gasteiger partial charge < -0.3 is 10.2 Å². The largest absolute Gasteiger partial charge is 0.381 e. The van der Waals surface area contributed by atoms with Crippen LogP contribution < -0.4 is 10.9 Å². The van der Waals surface area contributed by atoms with E-state index in [0.29, 0.717) is 12.2 Å². The van der Waals surface area contributed by atoms with E-state index in [4.69, 9.17) is 11.6 Å². The Morgan fingerprint density at radius 1 is 1.67 bits per heavy atom. The molecule has 100 valence electrons. The molecule has 0 saturated heterocycles. The van der Waals surface area contributed by atoms with Crippen molar-refractivity contribution in [2.45, 2.75) is 13.5 Å². The van der Waals surface area contributed by atoms with Crippen molar-refractivity contribution in [2.24, 2.45) is 0 Å². The number of nitrogens with zero attached hydrogens (tertiary/aromatic N) is 3. The molecule has 0 fully saturated rings. The van der Waals surface area contributed by atoms with Gasteiger partial charge in [-0.2, -0.15) is 5.10 Å². The number of nitrogens with one attached hydrogen (secondary N) is 1. The van der Waals surface area contributed by atoms with Crippen LogP contribution in [0.3, 0.4) is 0 Å². The Bertz CT molecular complexity index is 458. The van der Waals surface area contributed by atoms with E-state index in [1.807, 2.05) is 7.05 Å². The van der Waals surface area contributed by atoms with Gasteiger partial charge in [0.25, 0.3) is 5.56 Å². The summed E-state index contributed by atoms with van der Waals surface area (Å²) in [4.78, 5) is 14.0. The molecule has 0 unspecified atom stereocenters. The number of allylic oxidation sites excluding steroid dienone is 1. The highest BCUT2D eigenvalue weighted by atomic mass is 35.5. The lowest BCUT2D eigenvalue weighted by Crippen LogP contribution is -2.27. The van der Waals surface area contributed by atoms with Crippen molar-refractivity contribution in [3.05, 3.63) is 34.2 Å². The summed E-state index contributed by atoms with van der Waals surface area (Å²) >= 11 is 6.00. The number of likely N-dealkylation sites (N-methyl/N-ethyl adjacent to an activating group) is 1. The molecule has 0 radical (unpaired) electrons. The van der Waals surface area contributed by atoms with Gasteiger partial charge in [-0.15, -0.1) is 6.58 Å². The molecular formula is C12H19ClN4O. The second kappa shape index (κ2) is 7.18. The van der Waals surface area contributed by atoms with Gasteiger partial charge in [-0.25, -0.2) is 4.68 Å². The van der Waals surface area contributed by atoms with Gasteiger partial charge in [-0.3, -0.25) is 4.79 Å². The Morgan fingerprint density at radius 2 is 2.39 bits per heavy atom. The number of aromatic nitrogens is 2. The predicted molar refractivity (Wildman–Crippen MR) is 75.4 cm³/mol. The highest BCUT2D eigenvalue weighted by Gasteiger charge is 2.08. The van der Waals surface area contributed by atoms with Gasteiger partial charge in [-0.1, -0.05) is 24.6 Å². The number of halogens is 1. The molecule has 1 rings (SSSR count). The lowest BCUT2D eigenvalue weighted by Gasteiger charge is -2.15. The average Bonchev–Trinajstić information content (AvgIpc) is 2.37. The maximum atomic E-state index is 11.8. The summed E-state index contributed by atoms with van der Waals surface area (Å²) < 4.78 is 1.28. The van der Waals surface area contributed by atoms with Crippen LogP contribution in [-0.4, -0.2) is 41.4 Å². The zero-order valence-electron chi connectivity index (χ0n) is 10.8. The standard InChI is InChI=1S/C12H19ClN4O/c1-4-7-17-12(18)11(13)10(9-15-17)14-6-8-16(3)5-2/h4,9,14H,1,5-8H2,2-3H3. The molecule has 1 N–H and O–H groups in total. The number of hydrogen-bond donors (Lipinski definition) is 1. The van der Waals surface area contributed by atoms with Crippen molar-refractivity contribution in [1.82, 2.24) is 14.7 Å². The summed E-state index contributed by atoms with van der Waals surface area (Å²) in [7, 11) is 2.03. The summed E-state index contributed by atoms with van der Waals surface area (Å²) in [6.07, 6.45) is 3.17. The molecule has 0 atom stereocenters. The minimum Gasteiger partial charge on any atom is -0.381 e. The van der Waals surface area contributed by atoms with Crippen molar-refractivity contribution in [2.75, 3.05) is 32.0 Å². The van der Waals surface area contributed by atoms with Crippen molar-refractivity contribution in [3.8, 4) is 0 Å². The second-order valence-electron chi connectivity index (χ2n) is 3.97. The third-order valence-electron chi connectivity index (χ3n) is 2.64. The van der Waals surface area contributed by atoms with Crippen LogP contribution in [0.2, 0.25) is 5.02 Å². The summed E-state index contributed by atoms with van der Waals surface area (Å²) in [5.41, 5.74) is 0.275. The fourth-order valence-electron chi connectivity index (χ4n) is 1.38. The molecule has 0 aliphatic rings. The molecule has 0 spiro atoms. The van der Waals surface area contributed by atoms with E-state index >= 15 is 0 Å². The van der Waals surface area contributed by atoms with Crippen LogP contribution in [0.1, 0.15) is 6.92 Å². The molecule has 0 saturated carbocycles. The van der Waals surface area contributed by atoms with Gasteiger partial charge in [0, 0.05) is 13.1 Å². The predicted octanol–water partition coefficient (Wildman–Crippen LogP) is 1.45. The van der Waals surface area contributed by atoms with E-state index in [1.165, 1.54) is 4.68 Å². The summed E-state index contributed by atoms with van der Waals surface area (Å²) in [6, 6.07) is 0. The molecule has 0 bridgehead atoms. The van der Waals surface area contributed by atoms with Crippen LogP contribution in [0.15, 0.2) is 23.6 Å². The number of hydrogen-bond acceptors (Lipinski definition) is 4. The van der Waals surface area contributed by atoms with Gasteiger partial charge in [-0.05, 0) is 13.6 Å². The number of rotatable bonds is 7. The maximum Gasteiger partial charge on any atom is 0.287 e. The Labute approximate surface area is 112 Å².